The number of anilines is 2. The second-order valence-electron chi connectivity index (χ2n) is 6.55. The van der Waals surface area contributed by atoms with Crippen molar-refractivity contribution in [3.05, 3.63) is 59.4 Å². The van der Waals surface area contributed by atoms with E-state index in [-0.39, 0.29) is 23.5 Å². The van der Waals surface area contributed by atoms with E-state index < -0.39 is 5.82 Å². The summed E-state index contributed by atoms with van der Waals surface area (Å²) in [6.45, 7) is 1.25. The van der Waals surface area contributed by atoms with Crippen molar-refractivity contribution in [1.82, 2.24) is 0 Å². The Kier molecular flexibility index (Phi) is 4.42. The van der Waals surface area contributed by atoms with E-state index in [1.807, 2.05) is 6.07 Å². The molecule has 0 bridgehead atoms. The van der Waals surface area contributed by atoms with Crippen LogP contribution in [0, 0.1) is 5.82 Å². The lowest BCUT2D eigenvalue weighted by Gasteiger charge is -2.21. The largest absolute Gasteiger partial charge is 0.368 e. The van der Waals surface area contributed by atoms with Crippen LogP contribution in [0.15, 0.2) is 42.5 Å². The van der Waals surface area contributed by atoms with Crippen LogP contribution in [0.5, 0.6) is 0 Å². The molecule has 5 nitrogen and oxygen atoms in total. The van der Waals surface area contributed by atoms with Gasteiger partial charge in [-0.3, -0.25) is 9.59 Å². The monoisotopic (exact) mass is 354 g/mol. The molecule has 0 saturated carbocycles. The highest BCUT2D eigenvalue weighted by atomic mass is 19.1. The molecule has 2 heterocycles. The van der Waals surface area contributed by atoms with Crippen molar-refractivity contribution < 1.29 is 18.7 Å². The van der Waals surface area contributed by atoms with Gasteiger partial charge in [-0.1, -0.05) is 12.1 Å². The average Bonchev–Trinajstić information content (AvgIpc) is 3.31. The molecule has 2 aromatic rings. The minimum Gasteiger partial charge on any atom is -0.368 e. The summed E-state index contributed by atoms with van der Waals surface area (Å²) in [6.07, 6.45) is 2.07. The second kappa shape index (κ2) is 6.88. The Labute approximate surface area is 150 Å². The van der Waals surface area contributed by atoms with Gasteiger partial charge >= 0.3 is 0 Å². The number of hydrogen-bond acceptors (Lipinski definition) is 3. The number of halogens is 1. The summed E-state index contributed by atoms with van der Waals surface area (Å²) in [5.74, 6) is -0.866. The van der Waals surface area contributed by atoms with Crippen LogP contribution in [0.3, 0.4) is 0 Å². The number of ether oxygens (including phenoxy) is 1. The number of carbonyl (C=O) groups is 2. The Morgan fingerprint density at radius 3 is 2.85 bits per heavy atom. The molecule has 0 aromatic heterocycles. The number of nitrogens with one attached hydrogen (secondary N) is 1. The molecule has 1 N–H and O–H groups in total. The molecule has 4 rings (SSSR count). The Morgan fingerprint density at radius 2 is 2.08 bits per heavy atom. The Morgan fingerprint density at radius 1 is 1.19 bits per heavy atom. The van der Waals surface area contributed by atoms with Gasteiger partial charge in [0.1, 0.15) is 11.9 Å². The number of fused-ring (bicyclic) bond motifs is 1. The summed E-state index contributed by atoms with van der Waals surface area (Å²) in [5, 5.41) is 2.77. The highest BCUT2D eigenvalue weighted by Crippen LogP contribution is 2.32. The molecule has 2 aliphatic rings. The summed E-state index contributed by atoms with van der Waals surface area (Å²) in [6, 6.07) is 11.0. The number of nitrogens with zero attached hydrogens (tertiary/aromatic N) is 1. The lowest BCUT2D eigenvalue weighted by Crippen LogP contribution is -2.37. The van der Waals surface area contributed by atoms with Gasteiger partial charge in [-0.05, 0) is 55.2 Å². The van der Waals surface area contributed by atoms with Crippen molar-refractivity contribution in [1.29, 1.82) is 0 Å². The molecule has 1 fully saturated rings. The third-order valence-electron chi connectivity index (χ3n) is 4.80. The number of carbonyl (C=O) groups excluding carboxylic acids is 2. The summed E-state index contributed by atoms with van der Waals surface area (Å²) < 4.78 is 18.8. The van der Waals surface area contributed by atoms with Crippen LogP contribution in [-0.4, -0.2) is 31.1 Å². The number of amides is 2. The van der Waals surface area contributed by atoms with E-state index in [9.17, 15) is 14.0 Å². The van der Waals surface area contributed by atoms with Gasteiger partial charge in [0, 0.05) is 30.1 Å². The van der Waals surface area contributed by atoms with E-state index in [0.717, 1.165) is 30.5 Å². The molecule has 0 radical (unpaired) electrons. The zero-order chi connectivity index (χ0) is 18.1. The molecule has 134 valence electrons. The first-order chi connectivity index (χ1) is 12.6. The van der Waals surface area contributed by atoms with E-state index in [4.69, 9.17) is 4.74 Å². The zero-order valence-electron chi connectivity index (χ0n) is 14.2. The standard InChI is InChI=1S/C20H19FN2O3/c21-15-4-1-3-14(11-15)19(24)22-16-7-6-13-8-9-23(17(13)12-16)20(25)18-5-2-10-26-18/h1,3-4,6-7,11-12,18H,2,5,8-10H2,(H,22,24). The first-order valence-electron chi connectivity index (χ1n) is 8.74. The van der Waals surface area contributed by atoms with E-state index in [2.05, 4.69) is 5.32 Å². The van der Waals surface area contributed by atoms with Gasteiger partial charge < -0.3 is 15.0 Å². The minimum atomic E-state index is -0.458. The van der Waals surface area contributed by atoms with Crippen molar-refractivity contribution in [2.75, 3.05) is 23.4 Å². The molecule has 2 aliphatic heterocycles. The molecule has 0 spiro atoms. The Bertz CT molecular complexity index is 862. The number of rotatable bonds is 3. The highest BCUT2D eigenvalue weighted by molar-refractivity contribution is 6.05. The third-order valence-corrected chi connectivity index (χ3v) is 4.80. The van der Waals surface area contributed by atoms with Crippen LogP contribution >= 0.6 is 0 Å². The summed E-state index contributed by atoms with van der Waals surface area (Å²) >= 11 is 0. The maximum absolute atomic E-state index is 13.3. The molecule has 26 heavy (non-hydrogen) atoms. The summed E-state index contributed by atoms with van der Waals surface area (Å²) in [4.78, 5) is 26.7. The van der Waals surface area contributed by atoms with Crippen molar-refractivity contribution in [3.8, 4) is 0 Å². The topological polar surface area (TPSA) is 58.6 Å². The SMILES string of the molecule is O=C(Nc1ccc2c(c1)N(C(=O)C1CCCO1)CC2)c1cccc(F)c1. The van der Waals surface area contributed by atoms with Crippen molar-refractivity contribution in [2.24, 2.45) is 0 Å². The van der Waals surface area contributed by atoms with Crippen LogP contribution in [0.4, 0.5) is 15.8 Å². The molecule has 1 atom stereocenters. The van der Waals surface area contributed by atoms with Gasteiger partial charge in [-0.25, -0.2) is 4.39 Å². The fraction of sp³-hybridized carbons (Fsp3) is 0.300. The number of benzene rings is 2. The van der Waals surface area contributed by atoms with Crippen LogP contribution in [-0.2, 0) is 16.0 Å². The minimum absolute atomic E-state index is 0.0187. The predicted molar refractivity (Wildman–Crippen MR) is 95.8 cm³/mol. The Balaban J connectivity index is 1.54. The molecule has 0 aliphatic carbocycles. The maximum atomic E-state index is 13.3. The van der Waals surface area contributed by atoms with Gasteiger partial charge in [0.25, 0.3) is 11.8 Å². The highest BCUT2D eigenvalue weighted by Gasteiger charge is 2.32. The molecule has 2 amide bonds. The number of hydrogen-bond donors (Lipinski definition) is 1. The second-order valence-corrected chi connectivity index (χ2v) is 6.55. The average molecular weight is 354 g/mol. The lowest BCUT2D eigenvalue weighted by molar-refractivity contribution is -0.127. The predicted octanol–water partition coefficient (Wildman–Crippen LogP) is 3.15. The van der Waals surface area contributed by atoms with Gasteiger partial charge in [-0.15, -0.1) is 0 Å². The van der Waals surface area contributed by atoms with Gasteiger partial charge in [0.05, 0.1) is 0 Å². The molecule has 2 aromatic carbocycles. The van der Waals surface area contributed by atoms with Crippen molar-refractivity contribution >= 4 is 23.2 Å². The van der Waals surface area contributed by atoms with Gasteiger partial charge in [-0.2, -0.15) is 0 Å². The smallest absolute Gasteiger partial charge is 0.256 e. The van der Waals surface area contributed by atoms with Crippen LogP contribution in [0.25, 0.3) is 0 Å². The first-order valence-corrected chi connectivity index (χ1v) is 8.74. The quantitative estimate of drug-likeness (QED) is 0.921. The maximum Gasteiger partial charge on any atom is 0.256 e. The van der Waals surface area contributed by atoms with Crippen LogP contribution in [0.2, 0.25) is 0 Å². The molecular formula is C20H19FN2O3. The zero-order valence-corrected chi connectivity index (χ0v) is 14.2. The third kappa shape index (κ3) is 3.20. The van der Waals surface area contributed by atoms with Crippen LogP contribution in [0.1, 0.15) is 28.8 Å². The summed E-state index contributed by atoms with van der Waals surface area (Å²) in [7, 11) is 0. The Hall–Kier alpha value is -2.73. The molecule has 1 unspecified atom stereocenters. The summed E-state index contributed by atoms with van der Waals surface area (Å²) in [5.41, 5.74) is 2.70. The van der Waals surface area contributed by atoms with Gasteiger partial charge in [0.15, 0.2) is 0 Å². The van der Waals surface area contributed by atoms with Crippen LogP contribution < -0.4 is 10.2 Å². The molecular weight excluding hydrogens is 335 g/mol. The van der Waals surface area contributed by atoms with E-state index in [1.165, 1.54) is 18.2 Å². The normalized spacial score (nSPS) is 18.7. The van der Waals surface area contributed by atoms with Gasteiger partial charge in [0.2, 0.25) is 0 Å². The fourth-order valence-electron chi connectivity index (χ4n) is 3.47. The first kappa shape index (κ1) is 16.7. The van der Waals surface area contributed by atoms with E-state index in [1.54, 1.807) is 23.1 Å². The molecule has 6 heteroatoms. The molecule has 1 saturated heterocycles. The van der Waals surface area contributed by atoms with Crippen molar-refractivity contribution in [3.63, 3.8) is 0 Å². The van der Waals surface area contributed by atoms with Crippen molar-refractivity contribution in [2.45, 2.75) is 25.4 Å². The lowest BCUT2D eigenvalue weighted by atomic mass is 10.1. The van der Waals surface area contributed by atoms with E-state index >= 15 is 0 Å². The van der Waals surface area contributed by atoms with E-state index in [0.29, 0.717) is 18.8 Å². The fourth-order valence-corrected chi connectivity index (χ4v) is 3.47.